The van der Waals surface area contributed by atoms with Crippen LogP contribution in [0.5, 0.6) is 5.75 Å². The number of imide groups is 1. The van der Waals surface area contributed by atoms with Crippen LogP contribution in [-0.4, -0.2) is 55.5 Å². The van der Waals surface area contributed by atoms with Gasteiger partial charge in [-0.05, 0) is 42.8 Å². The number of ether oxygens (including phenoxy) is 3. The van der Waals surface area contributed by atoms with Gasteiger partial charge in [-0.15, -0.1) is 0 Å². The lowest BCUT2D eigenvalue weighted by Crippen LogP contribution is -2.46. The first-order valence-electron chi connectivity index (χ1n) is 9.97. The lowest BCUT2D eigenvalue weighted by atomic mass is 10.0. The highest BCUT2D eigenvalue weighted by molar-refractivity contribution is 6.22. The SMILES string of the molecule is CCOC(=O)/C=C/c1cc(C[C@H](C(=O)OC)N2C(=O)c3ccccc3C2=O)ccc1OC. The van der Waals surface area contributed by atoms with Gasteiger partial charge in [-0.3, -0.25) is 14.5 Å². The van der Waals surface area contributed by atoms with Crippen molar-refractivity contribution in [1.82, 2.24) is 4.90 Å². The zero-order valence-electron chi connectivity index (χ0n) is 18.0. The predicted molar refractivity (Wildman–Crippen MR) is 115 cm³/mol. The second-order valence-corrected chi connectivity index (χ2v) is 6.93. The molecule has 0 radical (unpaired) electrons. The molecule has 1 atom stereocenters. The van der Waals surface area contributed by atoms with Gasteiger partial charge in [0.1, 0.15) is 11.8 Å². The number of rotatable bonds is 8. The van der Waals surface area contributed by atoms with E-state index in [1.54, 1.807) is 49.4 Å². The number of methoxy groups -OCH3 is 2. The molecule has 0 unspecified atom stereocenters. The summed E-state index contributed by atoms with van der Waals surface area (Å²) in [5, 5.41) is 0. The van der Waals surface area contributed by atoms with Crippen LogP contribution in [0, 0.1) is 0 Å². The minimum atomic E-state index is -1.15. The molecule has 32 heavy (non-hydrogen) atoms. The molecule has 3 rings (SSSR count). The first-order valence-corrected chi connectivity index (χ1v) is 9.97. The maximum Gasteiger partial charge on any atom is 0.330 e. The first kappa shape index (κ1) is 22.7. The molecule has 8 heteroatoms. The van der Waals surface area contributed by atoms with Crippen LogP contribution in [-0.2, 0) is 25.5 Å². The fraction of sp³-hybridized carbons (Fsp3) is 0.250. The predicted octanol–water partition coefficient (Wildman–Crippen LogP) is 2.65. The molecule has 1 aliphatic heterocycles. The molecule has 8 nitrogen and oxygen atoms in total. The van der Waals surface area contributed by atoms with Crippen molar-refractivity contribution >= 4 is 29.8 Å². The molecule has 0 saturated carbocycles. The fourth-order valence-electron chi connectivity index (χ4n) is 3.52. The first-order chi connectivity index (χ1) is 15.4. The summed E-state index contributed by atoms with van der Waals surface area (Å²) in [6.45, 7) is 1.96. The summed E-state index contributed by atoms with van der Waals surface area (Å²) in [6, 6.07) is 10.4. The Kier molecular flexibility index (Phi) is 7.04. The van der Waals surface area contributed by atoms with E-state index in [2.05, 4.69) is 0 Å². The number of amides is 2. The van der Waals surface area contributed by atoms with Crippen LogP contribution in [0.2, 0.25) is 0 Å². The molecule has 0 N–H and O–H groups in total. The van der Waals surface area contributed by atoms with Crippen LogP contribution in [0.25, 0.3) is 6.08 Å². The minimum absolute atomic E-state index is 0.0301. The van der Waals surface area contributed by atoms with Gasteiger partial charge < -0.3 is 14.2 Å². The van der Waals surface area contributed by atoms with Gasteiger partial charge >= 0.3 is 11.9 Å². The van der Waals surface area contributed by atoms with E-state index in [1.165, 1.54) is 26.4 Å². The normalized spacial score (nSPS) is 13.8. The summed E-state index contributed by atoms with van der Waals surface area (Å²) < 4.78 is 15.1. The van der Waals surface area contributed by atoms with Gasteiger partial charge in [0, 0.05) is 18.1 Å². The summed E-state index contributed by atoms with van der Waals surface area (Å²) in [5.41, 5.74) is 1.71. The minimum Gasteiger partial charge on any atom is -0.496 e. The van der Waals surface area contributed by atoms with Crippen molar-refractivity contribution in [1.29, 1.82) is 0 Å². The second kappa shape index (κ2) is 9.91. The standard InChI is InChI=1S/C24H23NO7/c1-4-32-21(26)12-10-16-13-15(9-11-20(16)30-2)14-19(24(29)31-3)25-22(27)17-7-5-6-8-18(17)23(25)28/h5-13,19H,4,14H2,1-3H3/b12-10+/t19-/m1/s1. The molecule has 0 saturated heterocycles. The molecular formula is C24H23NO7. The number of benzene rings is 2. The fourth-order valence-corrected chi connectivity index (χ4v) is 3.52. The molecule has 2 amide bonds. The van der Waals surface area contributed by atoms with E-state index < -0.39 is 29.8 Å². The summed E-state index contributed by atoms with van der Waals surface area (Å²) in [7, 11) is 2.70. The molecule has 0 aliphatic carbocycles. The number of hydrogen-bond acceptors (Lipinski definition) is 7. The van der Waals surface area contributed by atoms with Gasteiger partial charge in [0.25, 0.3) is 11.8 Å². The quantitative estimate of drug-likeness (QED) is 0.356. The van der Waals surface area contributed by atoms with E-state index in [1.807, 2.05) is 0 Å². The van der Waals surface area contributed by atoms with Crippen molar-refractivity contribution in [2.45, 2.75) is 19.4 Å². The van der Waals surface area contributed by atoms with Gasteiger partial charge in [-0.1, -0.05) is 18.2 Å². The number of hydrogen-bond donors (Lipinski definition) is 0. The third-order valence-electron chi connectivity index (χ3n) is 5.02. The smallest absolute Gasteiger partial charge is 0.330 e. The van der Waals surface area contributed by atoms with E-state index in [4.69, 9.17) is 14.2 Å². The molecular weight excluding hydrogens is 414 g/mol. The molecule has 2 aromatic carbocycles. The zero-order valence-corrected chi connectivity index (χ0v) is 18.0. The zero-order chi connectivity index (χ0) is 23.3. The third kappa shape index (κ3) is 4.54. The van der Waals surface area contributed by atoms with E-state index in [9.17, 15) is 19.2 Å². The van der Waals surface area contributed by atoms with Crippen LogP contribution in [0.3, 0.4) is 0 Å². The maximum atomic E-state index is 12.9. The summed E-state index contributed by atoms with van der Waals surface area (Å²) in [6.07, 6.45) is 2.84. The van der Waals surface area contributed by atoms with Gasteiger partial charge in [0.05, 0.1) is 32.0 Å². The summed E-state index contributed by atoms with van der Waals surface area (Å²) in [4.78, 5) is 50.9. The lowest BCUT2D eigenvalue weighted by Gasteiger charge is -2.24. The van der Waals surface area contributed by atoms with Crippen LogP contribution in [0.4, 0.5) is 0 Å². The number of carbonyl (C=O) groups is 4. The summed E-state index contributed by atoms with van der Waals surface area (Å²) >= 11 is 0. The van der Waals surface area contributed by atoms with Crippen LogP contribution in [0.15, 0.2) is 48.5 Å². The Hall–Kier alpha value is -3.94. The largest absolute Gasteiger partial charge is 0.496 e. The molecule has 1 aliphatic rings. The average molecular weight is 437 g/mol. The van der Waals surface area contributed by atoms with Crippen LogP contribution in [0.1, 0.15) is 38.8 Å². The monoisotopic (exact) mass is 437 g/mol. The summed E-state index contributed by atoms with van der Waals surface area (Å²) in [5.74, 6) is -1.80. The molecule has 166 valence electrons. The number of carbonyl (C=O) groups excluding carboxylic acids is 4. The van der Waals surface area contributed by atoms with Crippen molar-refractivity contribution in [3.05, 3.63) is 70.8 Å². The van der Waals surface area contributed by atoms with Crippen LogP contribution < -0.4 is 4.74 Å². The molecule has 0 aromatic heterocycles. The second-order valence-electron chi connectivity index (χ2n) is 6.93. The van der Waals surface area contributed by atoms with E-state index in [0.717, 1.165) is 4.90 Å². The number of nitrogens with zero attached hydrogens (tertiary/aromatic N) is 1. The number of fused-ring (bicyclic) bond motifs is 1. The van der Waals surface area contributed by atoms with Gasteiger partial charge in [-0.25, -0.2) is 9.59 Å². The Morgan fingerprint density at radius 1 is 1.03 bits per heavy atom. The van der Waals surface area contributed by atoms with Gasteiger partial charge in [0.2, 0.25) is 0 Å². The van der Waals surface area contributed by atoms with Crippen molar-refractivity contribution in [3.63, 3.8) is 0 Å². The molecule has 0 spiro atoms. The molecule has 0 bridgehead atoms. The highest BCUT2D eigenvalue weighted by Gasteiger charge is 2.43. The highest BCUT2D eigenvalue weighted by atomic mass is 16.5. The van der Waals surface area contributed by atoms with Crippen molar-refractivity contribution < 1.29 is 33.4 Å². The van der Waals surface area contributed by atoms with Gasteiger partial charge in [-0.2, -0.15) is 0 Å². The Bertz CT molecular complexity index is 1050. The van der Waals surface area contributed by atoms with Crippen LogP contribution >= 0.6 is 0 Å². The van der Waals surface area contributed by atoms with E-state index >= 15 is 0 Å². The van der Waals surface area contributed by atoms with Gasteiger partial charge in [0.15, 0.2) is 0 Å². The molecule has 0 fully saturated rings. The molecule has 1 heterocycles. The average Bonchev–Trinajstić information content (AvgIpc) is 3.06. The Morgan fingerprint density at radius 2 is 1.69 bits per heavy atom. The lowest BCUT2D eigenvalue weighted by molar-refractivity contribution is -0.145. The Morgan fingerprint density at radius 3 is 2.25 bits per heavy atom. The van der Waals surface area contributed by atoms with Crippen molar-refractivity contribution in [3.8, 4) is 5.75 Å². The van der Waals surface area contributed by atoms with Crippen molar-refractivity contribution in [2.24, 2.45) is 0 Å². The topological polar surface area (TPSA) is 99.2 Å². The van der Waals surface area contributed by atoms with Crippen molar-refractivity contribution in [2.75, 3.05) is 20.8 Å². The Labute approximate surface area is 185 Å². The highest BCUT2D eigenvalue weighted by Crippen LogP contribution is 2.28. The van der Waals surface area contributed by atoms with E-state index in [-0.39, 0.29) is 24.2 Å². The maximum absolute atomic E-state index is 12.9. The Balaban J connectivity index is 1.93. The van der Waals surface area contributed by atoms with E-state index in [0.29, 0.717) is 16.9 Å². The molecule has 2 aromatic rings. The number of esters is 2. The third-order valence-corrected chi connectivity index (χ3v) is 5.02.